The van der Waals surface area contributed by atoms with Crippen molar-refractivity contribution in [1.82, 2.24) is 20.3 Å². The molecule has 1 saturated heterocycles. The molecule has 0 bridgehead atoms. The van der Waals surface area contributed by atoms with E-state index in [1.54, 1.807) is 0 Å². The summed E-state index contributed by atoms with van der Waals surface area (Å²) in [4.78, 5) is 14.9. The van der Waals surface area contributed by atoms with Crippen LogP contribution in [0.15, 0.2) is 0 Å². The van der Waals surface area contributed by atoms with Crippen LogP contribution < -0.4 is 0 Å². The second-order valence-electron chi connectivity index (χ2n) is 5.75. The number of H-pyrrole nitrogens is 1. The molecule has 1 aromatic heterocycles. The van der Waals surface area contributed by atoms with Crippen LogP contribution in [0, 0.1) is 5.92 Å². The van der Waals surface area contributed by atoms with Crippen LogP contribution in [-0.2, 0) is 17.6 Å². The molecule has 2 aliphatic rings. The fourth-order valence-electron chi connectivity index (χ4n) is 3.45. The van der Waals surface area contributed by atoms with Gasteiger partial charge in [0.2, 0.25) is 5.91 Å². The van der Waals surface area contributed by atoms with Crippen LogP contribution in [0.1, 0.15) is 50.4 Å². The molecule has 0 spiro atoms. The molecule has 0 aromatic carbocycles. The average molecular weight is 262 g/mol. The number of aromatic amines is 1. The largest absolute Gasteiger partial charge is 0.339 e. The molecule has 19 heavy (non-hydrogen) atoms. The lowest BCUT2D eigenvalue weighted by Gasteiger charge is -2.38. The minimum Gasteiger partial charge on any atom is -0.339 e. The third kappa shape index (κ3) is 2.38. The van der Waals surface area contributed by atoms with Crippen molar-refractivity contribution in [2.45, 2.75) is 57.9 Å². The molecule has 2 unspecified atom stereocenters. The van der Waals surface area contributed by atoms with Crippen molar-refractivity contribution in [2.24, 2.45) is 5.92 Å². The van der Waals surface area contributed by atoms with Crippen LogP contribution in [0.5, 0.6) is 0 Å². The van der Waals surface area contributed by atoms with Gasteiger partial charge in [0, 0.05) is 24.9 Å². The Balaban J connectivity index is 1.70. The predicted molar refractivity (Wildman–Crippen MR) is 71.5 cm³/mol. The zero-order valence-corrected chi connectivity index (χ0v) is 11.6. The quantitative estimate of drug-likeness (QED) is 0.882. The first kappa shape index (κ1) is 12.6. The van der Waals surface area contributed by atoms with E-state index in [9.17, 15) is 4.79 Å². The van der Waals surface area contributed by atoms with Crippen molar-refractivity contribution in [3.63, 3.8) is 0 Å². The molecule has 5 heteroatoms. The van der Waals surface area contributed by atoms with Crippen molar-refractivity contribution < 1.29 is 4.79 Å². The molecule has 1 N–H and O–H groups in total. The summed E-state index contributed by atoms with van der Waals surface area (Å²) < 4.78 is 0. The molecule has 0 saturated carbocycles. The molecule has 2 atom stereocenters. The molecular formula is C14H22N4O. The number of likely N-dealkylation sites (tertiary alicyclic amines) is 1. The number of nitrogens with one attached hydrogen (secondary N) is 1. The average Bonchev–Trinajstić information content (AvgIpc) is 2.93. The molecule has 5 nitrogen and oxygen atoms in total. The first-order valence-corrected chi connectivity index (χ1v) is 7.48. The van der Waals surface area contributed by atoms with E-state index >= 15 is 0 Å². The fraction of sp³-hybridized carbons (Fsp3) is 0.786. The number of carbonyl (C=O) groups is 1. The van der Waals surface area contributed by atoms with Crippen LogP contribution in [0.3, 0.4) is 0 Å². The van der Waals surface area contributed by atoms with Crippen molar-refractivity contribution in [3.8, 4) is 0 Å². The van der Waals surface area contributed by atoms with E-state index in [-0.39, 0.29) is 5.92 Å². The van der Waals surface area contributed by atoms with E-state index < -0.39 is 0 Å². The maximum atomic E-state index is 12.7. The Morgan fingerprint density at radius 2 is 2.16 bits per heavy atom. The molecule has 1 aliphatic carbocycles. The standard InChI is InChI=1S/C14H22N4O/c1-2-11-5-3-4-8-18(11)14(19)10-6-7-12-13(9-10)16-17-15-12/h10-11H,2-9H2,1H3,(H,15,16,17). The maximum absolute atomic E-state index is 12.7. The van der Waals surface area contributed by atoms with Gasteiger partial charge in [0.1, 0.15) is 0 Å². The van der Waals surface area contributed by atoms with Crippen molar-refractivity contribution in [1.29, 1.82) is 0 Å². The van der Waals surface area contributed by atoms with E-state index in [1.807, 2.05) is 0 Å². The second kappa shape index (κ2) is 5.31. The predicted octanol–water partition coefficient (Wildman–Crippen LogP) is 1.70. The van der Waals surface area contributed by atoms with Gasteiger partial charge in [-0.2, -0.15) is 15.4 Å². The van der Waals surface area contributed by atoms with Crippen LogP contribution >= 0.6 is 0 Å². The van der Waals surface area contributed by atoms with Crippen LogP contribution in [0.25, 0.3) is 0 Å². The van der Waals surface area contributed by atoms with Crippen molar-refractivity contribution in [3.05, 3.63) is 11.4 Å². The summed E-state index contributed by atoms with van der Waals surface area (Å²) in [6.07, 6.45) is 7.23. The number of hydrogen-bond donors (Lipinski definition) is 1. The van der Waals surface area contributed by atoms with Gasteiger partial charge in [0.05, 0.1) is 11.4 Å². The Kier molecular flexibility index (Phi) is 3.53. The number of aromatic nitrogens is 3. The minimum atomic E-state index is 0.116. The van der Waals surface area contributed by atoms with Crippen LogP contribution in [0.2, 0.25) is 0 Å². The van der Waals surface area contributed by atoms with Crippen molar-refractivity contribution >= 4 is 5.91 Å². The van der Waals surface area contributed by atoms with Gasteiger partial charge in [-0.1, -0.05) is 6.92 Å². The highest BCUT2D eigenvalue weighted by Gasteiger charge is 2.33. The number of amides is 1. The smallest absolute Gasteiger partial charge is 0.226 e. The minimum absolute atomic E-state index is 0.116. The third-order valence-electron chi connectivity index (χ3n) is 4.60. The van der Waals surface area contributed by atoms with E-state index in [1.165, 1.54) is 12.8 Å². The van der Waals surface area contributed by atoms with E-state index in [2.05, 4.69) is 27.2 Å². The summed E-state index contributed by atoms with van der Waals surface area (Å²) in [5, 5.41) is 11.0. The number of nitrogens with zero attached hydrogens (tertiary/aromatic N) is 3. The van der Waals surface area contributed by atoms with Crippen molar-refractivity contribution in [2.75, 3.05) is 6.54 Å². The molecule has 1 amide bonds. The van der Waals surface area contributed by atoms with Gasteiger partial charge >= 0.3 is 0 Å². The van der Waals surface area contributed by atoms with Gasteiger partial charge in [-0.25, -0.2) is 0 Å². The monoisotopic (exact) mass is 262 g/mol. The van der Waals surface area contributed by atoms with Gasteiger partial charge in [0.15, 0.2) is 0 Å². The topological polar surface area (TPSA) is 61.9 Å². The molecule has 104 valence electrons. The SMILES string of the molecule is CCC1CCCCN1C(=O)C1CCc2n[nH]nc2C1. The lowest BCUT2D eigenvalue weighted by Crippen LogP contribution is -2.47. The van der Waals surface area contributed by atoms with Gasteiger partial charge < -0.3 is 4.90 Å². The first-order valence-electron chi connectivity index (χ1n) is 7.48. The summed E-state index contributed by atoms with van der Waals surface area (Å²) in [7, 11) is 0. The number of carbonyl (C=O) groups excluding carboxylic acids is 1. The Bertz CT molecular complexity index is 456. The molecule has 3 rings (SSSR count). The normalized spacial score (nSPS) is 27.1. The Hall–Kier alpha value is -1.39. The zero-order chi connectivity index (χ0) is 13.2. The highest BCUT2D eigenvalue weighted by Crippen LogP contribution is 2.27. The second-order valence-corrected chi connectivity index (χ2v) is 5.75. The summed E-state index contributed by atoms with van der Waals surface area (Å²) in [5.41, 5.74) is 2.05. The van der Waals surface area contributed by atoms with Gasteiger partial charge in [0.25, 0.3) is 0 Å². The Labute approximate surface area is 113 Å². The number of aryl methyl sites for hydroxylation is 1. The van der Waals surface area contributed by atoms with Gasteiger partial charge in [-0.3, -0.25) is 4.79 Å². The number of fused-ring (bicyclic) bond motifs is 1. The van der Waals surface area contributed by atoms with Crippen LogP contribution in [-0.4, -0.2) is 38.8 Å². The molecular weight excluding hydrogens is 240 g/mol. The third-order valence-corrected chi connectivity index (χ3v) is 4.60. The highest BCUT2D eigenvalue weighted by atomic mass is 16.2. The molecule has 1 aliphatic heterocycles. The molecule has 0 radical (unpaired) electrons. The summed E-state index contributed by atoms with van der Waals surface area (Å²) in [6, 6.07) is 0.458. The van der Waals surface area contributed by atoms with E-state index in [4.69, 9.17) is 0 Å². The molecule has 1 fully saturated rings. The number of piperidine rings is 1. The summed E-state index contributed by atoms with van der Waals surface area (Å²) in [6.45, 7) is 3.13. The highest BCUT2D eigenvalue weighted by molar-refractivity contribution is 5.79. The van der Waals surface area contributed by atoms with E-state index in [0.29, 0.717) is 11.9 Å². The number of rotatable bonds is 2. The molecule has 2 heterocycles. The Morgan fingerprint density at radius 1 is 1.32 bits per heavy atom. The van der Waals surface area contributed by atoms with Gasteiger partial charge in [-0.15, -0.1) is 0 Å². The summed E-state index contributed by atoms with van der Waals surface area (Å²) in [5.74, 6) is 0.463. The fourth-order valence-corrected chi connectivity index (χ4v) is 3.45. The molecule has 1 aromatic rings. The first-order chi connectivity index (χ1) is 9.29. The Morgan fingerprint density at radius 3 is 3.00 bits per heavy atom. The number of hydrogen-bond acceptors (Lipinski definition) is 3. The summed E-state index contributed by atoms with van der Waals surface area (Å²) >= 11 is 0. The lowest BCUT2D eigenvalue weighted by molar-refractivity contribution is -0.139. The van der Waals surface area contributed by atoms with E-state index in [0.717, 1.165) is 50.0 Å². The van der Waals surface area contributed by atoms with Gasteiger partial charge in [-0.05, 0) is 38.5 Å². The van der Waals surface area contributed by atoms with Crippen LogP contribution in [0.4, 0.5) is 0 Å². The zero-order valence-electron chi connectivity index (χ0n) is 11.6. The maximum Gasteiger partial charge on any atom is 0.226 e. The lowest BCUT2D eigenvalue weighted by atomic mass is 9.87.